The molecule has 9 nitrogen and oxygen atoms in total. The minimum absolute atomic E-state index is 0.0555. The molecule has 1 atom stereocenters. The fourth-order valence-electron chi connectivity index (χ4n) is 4.63. The van der Waals surface area contributed by atoms with Gasteiger partial charge < -0.3 is 24.3 Å². The molecule has 0 aliphatic carbocycles. The Morgan fingerprint density at radius 3 is 1.81 bits per heavy atom. The number of aryl methyl sites for hydroxylation is 1. The summed E-state index contributed by atoms with van der Waals surface area (Å²) in [5.41, 5.74) is 0. The van der Waals surface area contributed by atoms with Gasteiger partial charge in [0.15, 0.2) is 18.5 Å². The molecular weight excluding hydrogens is 536 g/mol. The summed E-state index contributed by atoms with van der Waals surface area (Å²) in [5.74, 6) is -0.406. The Bertz CT molecular complexity index is 807. The summed E-state index contributed by atoms with van der Waals surface area (Å²) in [6.45, 7) is 3.04. The zero-order valence-electron chi connectivity index (χ0n) is 26.3. The molecule has 1 amide bonds. The number of pyridine rings is 1. The van der Waals surface area contributed by atoms with Crippen LogP contribution in [0.3, 0.4) is 0 Å². The third-order valence-corrected chi connectivity index (χ3v) is 7.14. The Hall–Kier alpha value is -2.84. The van der Waals surface area contributed by atoms with Gasteiger partial charge in [-0.25, -0.2) is 14.2 Å². The van der Waals surface area contributed by atoms with Crippen LogP contribution in [0.4, 0.5) is 9.59 Å². The summed E-state index contributed by atoms with van der Waals surface area (Å²) in [6, 6.07) is 5.77. The number of methoxy groups -OCH3 is 1. The molecular formula is C33H57N2O7+. The van der Waals surface area contributed by atoms with Gasteiger partial charge in [0.05, 0.1) is 26.7 Å². The first-order valence-corrected chi connectivity index (χ1v) is 16.3. The van der Waals surface area contributed by atoms with Gasteiger partial charge in [-0.05, 0) is 6.42 Å². The number of carbonyl (C=O) groups excluding carboxylic acids is 3. The molecule has 1 heterocycles. The van der Waals surface area contributed by atoms with E-state index in [-0.39, 0.29) is 19.6 Å². The fraction of sp³-hybridized carbons (Fsp3) is 0.758. The first-order valence-electron chi connectivity index (χ1n) is 16.3. The van der Waals surface area contributed by atoms with Crippen molar-refractivity contribution >= 4 is 18.2 Å². The number of carbonyl (C=O) groups is 3. The Balaban J connectivity index is 2.03. The van der Waals surface area contributed by atoms with Crippen molar-refractivity contribution in [2.45, 2.75) is 135 Å². The van der Waals surface area contributed by atoms with Crippen LogP contribution in [0, 0.1) is 0 Å². The first-order chi connectivity index (χ1) is 20.5. The lowest BCUT2D eigenvalue weighted by Crippen LogP contribution is -2.38. The molecule has 0 saturated heterocycles. The predicted octanol–water partition coefficient (Wildman–Crippen LogP) is 7.44. The molecule has 0 radical (unpaired) electrons. The van der Waals surface area contributed by atoms with Crippen molar-refractivity contribution in [1.82, 2.24) is 5.32 Å². The van der Waals surface area contributed by atoms with Gasteiger partial charge in [0.2, 0.25) is 0 Å². The van der Waals surface area contributed by atoms with E-state index in [0.717, 1.165) is 19.3 Å². The molecule has 1 rings (SSSR count). The van der Waals surface area contributed by atoms with Crippen molar-refractivity contribution in [3.8, 4) is 0 Å². The van der Waals surface area contributed by atoms with E-state index in [9.17, 15) is 14.4 Å². The monoisotopic (exact) mass is 593 g/mol. The SMILES string of the molecule is CCCCCCCCCCCCCCCCCCOC(=O)NCC(COC(=O)CCC[n+]1ccccc1)OC(=O)OC. The number of amides is 1. The largest absolute Gasteiger partial charge is 0.508 e. The Morgan fingerprint density at radius 2 is 1.26 bits per heavy atom. The predicted molar refractivity (Wildman–Crippen MR) is 163 cm³/mol. The van der Waals surface area contributed by atoms with Crippen LogP contribution in [0.1, 0.15) is 122 Å². The van der Waals surface area contributed by atoms with Crippen molar-refractivity contribution < 1.29 is 37.9 Å². The smallest absolute Gasteiger partial charge is 0.462 e. The van der Waals surface area contributed by atoms with Gasteiger partial charge in [-0.1, -0.05) is 109 Å². The highest BCUT2D eigenvalue weighted by Crippen LogP contribution is 2.13. The summed E-state index contributed by atoms with van der Waals surface area (Å²) in [5, 5.41) is 2.57. The number of nitrogens with zero attached hydrogens (tertiary/aromatic N) is 1. The topological polar surface area (TPSA) is 104 Å². The number of esters is 1. The average molecular weight is 594 g/mol. The Kier molecular flexibility index (Phi) is 23.9. The van der Waals surface area contributed by atoms with Gasteiger partial charge in [-0.15, -0.1) is 0 Å². The molecule has 1 aromatic rings. The molecule has 0 bridgehead atoms. The Labute approximate surface area is 254 Å². The van der Waals surface area contributed by atoms with Crippen molar-refractivity contribution in [3.05, 3.63) is 30.6 Å². The molecule has 1 N–H and O–H groups in total. The third-order valence-electron chi connectivity index (χ3n) is 7.14. The standard InChI is InChI=1S/C33H56N2O7/c1-3-4-5-6-7-8-9-10-11-12-13-14-15-16-17-21-27-40-32(37)34-28-30(42-33(38)39-2)29-41-31(36)23-22-26-35-24-19-18-20-25-35/h18-20,24-25,30H,3-17,21-23,26-29H2,1-2H3/p+1. The van der Waals surface area contributed by atoms with Crippen LogP contribution in [0.2, 0.25) is 0 Å². The molecule has 1 aromatic heterocycles. The molecule has 240 valence electrons. The highest BCUT2D eigenvalue weighted by atomic mass is 16.7. The second-order valence-electron chi connectivity index (χ2n) is 10.9. The van der Waals surface area contributed by atoms with E-state index < -0.39 is 24.3 Å². The zero-order valence-corrected chi connectivity index (χ0v) is 26.3. The molecule has 0 aromatic carbocycles. The lowest BCUT2D eigenvalue weighted by molar-refractivity contribution is -0.697. The van der Waals surface area contributed by atoms with Crippen LogP contribution in [0.15, 0.2) is 30.6 Å². The molecule has 0 saturated carbocycles. The maximum Gasteiger partial charge on any atom is 0.508 e. The maximum absolute atomic E-state index is 12.1. The van der Waals surface area contributed by atoms with E-state index in [4.69, 9.17) is 14.2 Å². The highest BCUT2D eigenvalue weighted by Gasteiger charge is 2.19. The minimum atomic E-state index is -0.917. The van der Waals surface area contributed by atoms with E-state index in [1.165, 1.54) is 90.6 Å². The van der Waals surface area contributed by atoms with Crippen LogP contribution in [-0.4, -0.2) is 51.2 Å². The van der Waals surface area contributed by atoms with Crippen LogP contribution in [-0.2, 0) is 30.3 Å². The second kappa shape index (κ2) is 27.0. The van der Waals surface area contributed by atoms with Crippen LogP contribution >= 0.6 is 0 Å². The summed E-state index contributed by atoms with van der Waals surface area (Å²) >= 11 is 0. The molecule has 0 aliphatic heterocycles. The van der Waals surface area contributed by atoms with Crippen molar-refractivity contribution in [2.24, 2.45) is 0 Å². The molecule has 9 heteroatoms. The van der Waals surface area contributed by atoms with Crippen LogP contribution in [0.5, 0.6) is 0 Å². The average Bonchev–Trinajstić information content (AvgIpc) is 3.00. The molecule has 0 fully saturated rings. The number of aromatic nitrogens is 1. The summed E-state index contributed by atoms with van der Waals surface area (Å²) in [6.07, 6.45) is 22.9. The minimum Gasteiger partial charge on any atom is -0.462 e. The molecule has 42 heavy (non-hydrogen) atoms. The summed E-state index contributed by atoms with van der Waals surface area (Å²) in [4.78, 5) is 35.7. The number of unbranched alkanes of at least 4 members (excludes halogenated alkanes) is 15. The quantitative estimate of drug-likeness (QED) is 0.0515. The molecule has 1 unspecified atom stereocenters. The van der Waals surface area contributed by atoms with Gasteiger partial charge in [-0.2, -0.15) is 0 Å². The number of hydrogen-bond donors (Lipinski definition) is 1. The molecule has 0 spiro atoms. The van der Waals surface area contributed by atoms with E-state index in [0.29, 0.717) is 19.6 Å². The Morgan fingerprint density at radius 1 is 0.714 bits per heavy atom. The summed E-state index contributed by atoms with van der Waals surface area (Å²) < 4.78 is 22.1. The number of rotatable bonds is 26. The van der Waals surface area contributed by atoms with Crippen LogP contribution in [0.25, 0.3) is 0 Å². The van der Waals surface area contributed by atoms with Gasteiger partial charge in [0, 0.05) is 18.6 Å². The molecule has 0 aliphatic rings. The number of alkyl carbamates (subject to hydrolysis) is 1. The maximum atomic E-state index is 12.1. The number of hydrogen-bond acceptors (Lipinski definition) is 7. The second-order valence-corrected chi connectivity index (χ2v) is 10.9. The summed E-state index contributed by atoms with van der Waals surface area (Å²) in [7, 11) is 1.19. The van der Waals surface area contributed by atoms with Gasteiger partial charge in [0.1, 0.15) is 13.2 Å². The van der Waals surface area contributed by atoms with E-state index >= 15 is 0 Å². The third kappa shape index (κ3) is 22.8. The van der Waals surface area contributed by atoms with E-state index in [1.807, 2.05) is 35.2 Å². The zero-order chi connectivity index (χ0) is 30.5. The van der Waals surface area contributed by atoms with E-state index in [2.05, 4.69) is 17.0 Å². The van der Waals surface area contributed by atoms with E-state index in [1.54, 1.807) is 0 Å². The fourth-order valence-corrected chi connectivity index (χ4v) is 4.63. The lowest BCUT2D eigenvalue weighted by Gasteiger charge is -2.17. The first kappa shape index (κ1) is 37.2. The van der Waals surface area contributed by atoms with Crippen LogP contribution < -0.4 is 9.88 Å². The lowest BCUT2D eigenvalue weighted by atomic mass is 10.0. The van der Waals surface area contributed by atoms with Crippen molar-refractivity contribution in [1.29, 1.82) is 0 Å². The van der Waals surface area contributed by atoms with Crippen molar-refractivity contribution in [3.63, 3.8) is 0 Å². The van der Waals surface area contributed by atoms with Gasteiger partial charge in [0.25, 0.3) is 0 Å². The normalized spacial score (nSPS) is 11.5. The van der Waals surface area contributed by atoms with Gasteiger partial charge in [-0.3, -0.25) is 4.79 Å². The number of nitrogens with one attached hydrogen (secondary N) is 1. The van der Waals surface area contributed by atoms with Crippen molar-refractivity contribution in [2.75, 3.05) is 26.9 Å². The highest BCUT2D eigenvalue weighted by molar-refractivity contribution is 5.69. The van der Waals surface area contributed by atoms with Gasteiger partial charge >= 0.3 is 18.2 Å². The number of ether oxygens (including phenoxy) is 4.